The Hall–Kier alpha value is -0.830. The zero-order chi connectivity index (χ0) is 4.24. The predicted molar refractivity (Wildman–Crippen MR) is 29.2 cm³/mol. The van der Waals surface area contributed by atoms with Crippen molar-refractivity contribution in [3.8, 4) is 0 Å². The highest BCUT2D eigenvalue weighted by atomic mass is 16.0. The molecule has 1 heterocycles. The predicted octanol–water partition coefficient (Wildman–Crippen LogP) is -0.693. The van der Waals surface area contributed by atoms with Crippen molar-refractivity contribution < 1.29 is 5.48 Å². The smallest absolute Gasteiger partial charge is 0.0498 e. The normalized spacial score (nSPS) is 14.9. The average molecular weight is 100 g/mol. The molecule has 0 aliphatic carbocycles. The van der Waals surface area contributed by atoms with Crippen LogP contribution in [0.25, 0.3) is 0 Å². The highest BCUT2D eigenvalue weighted by Crippen LogP contribution is 1.73. The fourth-order valence-electron chi connectivity index (χ4n) is 0.330. The lowest BCUT2D eigenvalue weighted by Crippen LogP contribution is -2.09. The van der Waals surface area contributed by atoms with Crippen molar-refractivity contribution in [2.75, 3.05) is 6.54 Å². The molecule has 0 aromatic rings. The molecule has 1 rings (SSSR count). The van der Waals surface area contributed by atoms with Crippen LogP contribution in [0.3, 0.4) is 0 Å². The summed E-state index contributed by atoms with van der Waals surface area (Å²) in [6.45, 7) is 0.872. The van der Waals surface area contributed by atoms with E-state index in [0.717, 1.165) is 6.54 Å². The first-order valence-corrected chi connectivity index (χ1v) is 1.90. The second-order valence-electron chi connectivity index (χ2n) is 1.06. The molecule has 0 radical (unpaired) electrons. The van der Waals surface area contributed by atoms with Gasteiger partial charge in [-0.05, 0) is 0 Å². The van der Waals surface area contributed by atoms with E-state index >= 15 is 0 Å². The van der Waals surface area contributed by atoms with Crippen molar-refractivity contribution >= 4 is 6.21 Å². The van der Waals surface area contributed by atoms with Crippen molar-refractivity contribution in [1.82, 2.24) is 5.32 Å². The first kappa shape index (κ1) is 6.17. The van der Waals surface area contributed by atoms with Gasteiger partial charge in [0.15, 0.2) is 0 Å². The van der Waals surface area contributed by atoms with Gasteiger partial charge < -0.3 is 10.8 Å². The molecule has 0 aromatic carbocycles. The van der Waals surface area contributed by atoms with Gasteiger partial charge in [-0.1, -0.05) is 0 Å². The third-order valence-electron chi connectivity index (χ3n) is 0.593. The molecule has 3 N–H and O–H groups in total. The Morgan fingerprint density at radius 1 is 1.57 bits per heavy atom. The van der Waals surface area contributed by atoms with Crippen LogP contribution in [-0.4, -0.2) is 18.2 Å². The third kappa shape index (κ3) is 1.94. The summed E-state index contributed by atoms with van der Waals surface area (Å²) in [5, 5.41) is 2.95. The van der Waals surface area contributed by atoms with E-state index in [4.69, 9.17) is 0 Å². The highest BCUT2D eigenvalue weighted by Gasteiger charge is 1.74. The highest BCUT2D eigenvalue weighted by molar-refractivity contribution is 5.61. The Morgan fingerprint density at radius 2 is 2.43 bits per heavy atom. The Morgan fingerprint density at radius 3 is 2.57 bits per heavy atom. The van der Waals surface area contributed by atoms with E-state index in [2.05, 4.69) is 10.3 Å². The molecule has 0 bridgehead atoms. The molecule has 0 fully saturated rings. The van der Waals surface area contributed by atoms with Crippen LogP contribution >= 0.6 is 0 Å². The molecule has 7 heavy (non-hydrogen) atoms. The standard InChI is InChI=1S/C4H6N2.H2O/c1-2-6-4-3-5-1;/h1-3,6H,4H2;1H2. The van der Waals surface area contributed by atoms with E-state index in [9.17, 15) is 0 Å². The van der Waals surface area contributed by atoms with Gasteiger partial charge in [-0.3, -0.25) is 4.99 Å². The maximum Gasteiger partial charge on any atom is 0.0498 e. The summed E-state index contributed by atoms with van der Waals surface area (Å²) in [5.74, 6) is 0. The van der Waals surface area contributed by atoms with Crippen LogP contribution in [0.4, 0.5) is 0 Å². The van der Waals surface area contributed by atoms with Gasteiger partial charge in [0.2, 0.25) is 0 Å². The van der Waals surface area contributed by atoms with Crippen LogP contribution in [0.5, 0.6) is 0 Å². The molecule has 0 saturated carbocycles. The van der Waals surface area contributed by atoms with Crippen LogP contribution in [0.1, 0.15) is 0 Å². The van der Waals surface area contributed by atoms with Gasteiger partial charge in [0.05, 0.1) is 0 Å². The third-order valence-corrected chi connectivity index (χ3v) is 0.593. The van der Waals surface area contributed by atoms with Gasteiger partial charge in [-0.2, -0.15) is 0 Å². The quantitative estimate of drug-likeness (QED) is 0.430. The van der Waals surface area contributed by atoms with Gasteiger partial charge in [-0.25, -0.2) is 0 Å². The summed E-state index contributed by atoms with van der Waals surface area (Å²) in [5.41, 5.74) is 0. The molecular weight excluding hydrogens is 92.1 g/mol. The molecule has 0 saturated heterocycles. The molecule has 3 nitrogen and oxygen atoms in total. The summed E-state index contributed by atoms with van der Waals surface area (Å²) in [6.07, 6.45) is 5.36. The summed E-state index contributed by atoms with van der Waals surface area (Å²) in [4.78, 5) is 3.81. The zero-order valence-corrected chi connectivity index (χ0v) is 3.89. The van der Waals surface area contributed by atoms with Gasteiger partial charge in [0, 0.05) is 25.2 Å². The molecule has 0 amide bonds. The van der Waals surface area contributed by atoms with Gasteiger partial charge in [0.1, 0.15) is 0 Å². The van der Waals surface area contributed by atoms with Crippen LogP contribution in [0, 0.1) is 0 Å². The second kappa shape index (κ2) is 3.36. The number of aliphatic imine (C=N–C) groups is 1. The van der Waals surface area contributed by atoms with Crippen LogP contribution in [0.15, 0.2) is 17.4 Å². The number of rotatable bonds is 0. The van der Waals surface area contributed by atoms with Gasteiger partial charge in [-0.15, -0.1) is 0 Å². The Labute approximate surface area is 42.1 Å². The van der Waals surface area contributed by atoms with Gasteiger partial charge in [0.25, 0.3) is 0 Å². The summed E-state index contributed by atoms with van der Waals surface area (Å²) < 4.78 is 0. The molecule has 0 atom stereocenters. The number of hydrogen-bond donors (Lipinski definition) is 1. The van der Waals surface area contributed by atoms with E-state index in [0.29, 0.717) is 0 Å². The van der Waals surface area contributed by atoms with Crippen LogP contribution in [-0.2, 0) is 0 Å². The lowest BCUT2D eigenvalue weighted by molar-refractivity contribution is 0.824. The van der Waals surface area contributed by atoms with Gasteiger partial charge >= 0.3 is 0 Å². The summed E-state index contributed by atoms with van der Waals surface area (Å²) in [7, 11) is 0. The Kier molecular flexibility index (Phi) is 2.96. The monoisotopic (exact) mass is 100 g/mol. The number of hydrogen-bond acceptors (Lipinski definition) is 2. The lowest BCUT2D eigenvalue weighted by Gasteiger charge is -1.93. The van der Waals surface area contributed by atoms with E-state index in [-0.39, 0.29) is 5.48 Å². The second-order valence-corrected chi connectivity index (χ2v) is 1.06. The SMILES string of the molecule is C1=CNCC=N1.O. The average Bonchev–Trinajstić information content (AvgIpc) is 1.72. The maximum absolute atomic E-state index is 3.81. The van der Waals surface area contributed by atoms with Crippen molar-refractivity contribution in [2.24, 2.45) is 4.99 Å². The summed E-state index contributed by atoms with van der Waals surface area (Å²) >= 11 is 0. The molecule has 0 unspecified atom stereocenters. The minimum atomic E-state index is 0. The molecule has 0 spiro atoms. The first-order valence-electron chi connectivity index (χ1n) is 1.90. The fraction of sp³-hybridized carbons (Fsp3) is 0.250. The lowest BCUT2D eigenvalue weighted by atomic mass is 10.6. The van der Waals surface area contributed by atoms with Crippen molar-refractivity contribution in [3.63, 3.8) is 0 Å². The van der Waals surface area contributed by atoms with E-state index in [1.54, 1.807) is 6.20 Å². The van der Waals surface area contributed by atoms with Crippen molar-refractivity contribution in [2.45, 2.75) is 0 Å². The fourth-order valence-corrected chi connectivity index (χ4v) is 0.330. The van der Waals surface area contributed by atoms with Crippen molar-refractivity contribution in [3.05, 3.63) is 12.4 Å². The number of nitrogens with one attached hydrogen (secondary N) is 1. The Bertz CT molecular complexity index is 75.7. The minimum Gasteiger partial charge on any atom is -0.412 e. The number of nitrogens with zero attached hydrogens (tertiary/aromatic N) is 1. The first-order chi connectivity index (χ1) is 3.00. The van der Waals surface area contributed by atoms with E-state index in [1.165, 1.54) is 0 Å². The van der Waals surface area contributed by atoms with Crippen molar-refractivity contribution in [1.29, 1.82) is 0 Å². The largest absolute Gasteiger partial charge is 0.412 e. The zero-order valence-electron chi connectivity index (χ0n) is 3.89. The summed E-state index contributed by atoms with van der Waals surface area (Å²) in [6, 6.07) is 0. The molecule has 1 aliphatic heterocycles. The molecule has 0 aromatic heterocycles. The minimum absolute atomic E-state index is 0. The Balaban J connectivity index is 0.000000360. The van der Waals surface area contributed by atoms with Crippen LogP contribution in [0.2, 0.25) is 0 Å². The molecule has 1 aliphatic rings. The van der Waals surface area contributed by atoms with E-state index < -0.39 is 0 Å². The molecule has 3 heteroatoms. The van der Waals surface area contributed by atoms with Crippen LogP contribution < -0.4 is 5.32 Å². The molecular formula is C4H8N2O. The topological polar surface area (TPSA) is 55.9 Å². The van der Waals surface area contributed by atoms with E-state index in [1.807, 2.05) is 12.4 Å². The molecule has 40 valence electrons. The maximum atomic E-state index is 3.81.